The molecule has 8 nitrogen and oxygen atoms in total. The van der Waals surface area contributed by atoms with Gasteiger partial charge in [0.15, 0.2) is 5.82 Å². The number of carbonyl (C=O) groups excluding carboxylic acids is 1. The summed E-state index contributed by atoms with van der Waals surface area (Å²) in [5.74, 6) is 2.66. The van der Waals surface area contributed by atoms with Crippen LogP contribution in [0.5, 0.6) is 0 Å². The number of nitrogens with zero attached hydrogens (tertiary/aromatic N) is 7. The number of aromatic nitrogens is 5. The van der Waals surface area contributed by atoms with Crippen LogP contribution in [0.25, 0.3) is 0 Å². The summed E-state index contributed by atoms with van der Waals surface area (Å²) in [6.45, 7) is 6.29. The van der Waals surface area contributed by atoms with Gasteiger partial charge < -0.3 is 9.47 Å². The second-order valence-electron chi connectivity index (χ2n) is 7.81. The molecule has 4 heterocycles. The third-order valence-electron chi connectivity index (χ3n) is 6.11. The summed E-state index contributed by atoms with van der Waals surface area (Å²) in [6, 6.07) is 2.51. The second kappa shape index (κ2) is 7.80. The standard InChI is InChI=1S/C19H29N7O/c1-15(27)24-11-6-17(7-12-24)25-9-3-5-16(13-25)19-22-21-18(23(19)2)14-26-10-4-8-20-26/h4,8,10,16-17H,3,5-7,9,11-14H2,1-2H3/t16-/m0/s1. The lowest BCUT2D eigenvalue weighted by atomic mass is 9.93. The van der Waals surface area contributed by atoms with Gasteiger partial charge in [0, 0.05) is 58.0 Å². The molecule has 1 atom stereocenters. The van der Waals surface area contributed by atoms with Crippen molar-refractivity contribution in [2.75, 3.05) is 26.2 Å². The average molecular weight is 371 g/mol. The third-order valence-corrected chi connectivity index (χ3v) is 6.11. The van der Waals surface area contributed by atoms with Crippen molar-refractivity contribution >= 4 is 5.91 Å². The first-order valence-electron chi connectivity index (χ1n) is 9.97. The molecule has 27 heavy (non-hydrogen) atoms. The Morgan fingerprint density at radius 3 is 2.70 bits per heavy atom. The molecule has 2 aromatic rings. The molecule has 0 aromatic carbocycles. The Labute approximate surface area is 160 Å². The number of carbonyl (C=O) groups is 1. The molecule has 0 radical (unpaired) electrons. The van der Waals surface area contributed by atoms with Crippen LogP contribution in [-0.4, -0.2) is 72.5 Å². The Morgan fingerprint density at radius 1 is 1.19 bits per heavy atom. The third kappa shape index (κ3) is 3.90. The quantitative estimate of drug-likeness (QED) is 0.809. The first-order chi connectivity index (χ1) is 13.1. The highest BCUT2D eigenvalue weighted by Gasteiger charge is 2.32. The number of amides is 1. The largest absolute Gasteiger partial charge is 0.343 e. The lowest BCUT2D eigenvalue weighted by Crippen LogP contribution is -2.49. The summed E-state index contributed by atoms with van der Waals surface area (Å²) in [6.07, 6.45) is 8.25. The van der Waals surface area contributed by atoms with Gasteiger partial charge >= 0.3 is 0 Å². The van der Waals surface area contributed by atoms with Crippen molar-refractivity contribution in [3.63, 3.8) is 0 Å². The van der Waals surface area contributed by atoms with E-state index in [0.29, 0.717) is 18.5 Å². The van der Waals surface area contributed by atoms with E-state index in [1.165, 1.54) is 6.42 Å². The van der Waals surface area contributed by atoms with Crippen LogP contribution in [0.2, 0.25) is 0 Å². The summed E-state index contributed by atoms with van der Waals surface area (Å²) < 4.78 is 4.03. The normalized spacial score (nSPS) is 22.3. The number of rotatable bonds is 4. The molecule has 146 valence electrons. The smallest absolute Gasteiger partial charge is 0.219 e. The minimum Gasteiger partial charge on any atom is -0.343 e. The SMILES string of the molecule is CC(=O)N1CCC(N2CCC[C@H](c3nnc(Cn4cccn4)n3C)C2)CC1. The number of hydrogen-bond donors (Lipinski definition) is 0. The molecule has 0 N–H and O–H groups in total. The van der Waals surface area contributed by atoms with Crippen LogP contribution < -0.4 is 0 Å². The molecule has 2 aliphatic rings. The molecule has 2 fully saturated rings. The Bertz CT molecular complexity index is 761. The lowest BCUT2D eigenvalue weighted by molar-refractivity contribution is -0.130. The van der Waals surface area contributed by atoms with Crippen LogP contribution in [0.15, 0.2) is 18.5 Å². The van der Waals surface area contributed by atoms with Crippen LogP contribution in [0.3, 0.4) is 0 Å². The topological polar surface area (TPSA) is 72.1 Å². The van der Waals surface area contributed by atoms with Crippen LogP contribution >= 0.6 is 0 Å². The minimum atomic E-state index is 0.203. The molecule has 0 saturated carbocycles. The molecule has 0 unspecified atom stereocenters. The first-order valence-corrected chi connectivity index (χ1v) is 9.97. The van der Waals surface area contributed by atoms with E-state index in [0.717, 1.165) is 57.1 Å². The lowest BCUT2D eigenvalue weighted by Gasteiger charge is -2.42. The molecule has 1 amide bonds. The summed E-state index contributed by atoms with van der Waals surface area (Å²) in [7, 11) is 2.07. The second-order valence-corrected chi connectivity index (χ2v) is 7.81. The number of likely N-dealkylation sites (tertiary alicyclic amines) is 2. The predicted octanol–water partition coefficient (Wildman–Crippen LogP) is 1.25. The molecule has 2 aromatic heterocycles. The highest BCUT2D eigenvalue weighted by molar-refractivity contribution is 5.73. The van der Waals surface area contributed by atoms with Gasteiger partial charge in [0.05, 0.1) is 0 Å². The van der Waals surface area contributed by atoms with Crippen LogP contribution in [0.1, 0.15) is 50.2 Å². The van der Waals surface area contributed by atoms with Gasteiger partial charge in [0.2, 0.25) is 5.91 Å². The molecule has 2 saturated heterocycles. The van der Waals surface area contributed by atoms with E-state index >= 15 is 0 Å². The molecule has 8 heteroatoms. The fourth-order valence-electron chi connectivity index (χ4n) is 4.50. The average Bonchev–Trinajstić information content (AvgIpc) is 3.33. The number of piperidine rings is 2. The zero-order valence-corrected chi connectivity index (χ0v) is 16.3. The molecular weight excluding hydrogens is 342 g/mol. The van der Waals surface area contributed by atoms with Crippen molar-refractivity contribution in [3.8, 4) is 0 Å². The van der Waals surface area contributed by atoms with E-state index < -0.39 is 0 Å². The fraction of sp³-hybridized carbons (Fsp3) is 0.684. The van der Waals surface area contributed by atoms with Gasteiger partial charge in [-0.05, 0) is 38.3 Å². The van der Waals surface area contributed by atoms with Gasteiger partial charge in [-0.2, -0.15) is 5.10 Å². The van der Waals surface area contributed by atoms with E-state index in [1.54, 1.807) is 13.1 Å². The van der Waals surface area contributed by atoms with E-state index in [4.69, 9.17) is 0 Å². The molecule has 0 spiro atoms. The summed E-state index contributed by atoms with van der Waals surface area (Å²) in [4.78, 5) is 16.2. The molecule has 0 bridgehead atoms. The van der Waals surface area contributed by atoms with Gasteiger partial charge in [0.25, 0.3) is 0 Å². The fourth-order valence-corrected chi connectivity index (χ4v) is 4.50. The minimum absolute atomic E-state index is 0.203. The Morgan fingerprint density at radius 2 is 2.00 bits per heavy atom. The van der Waals surface area contributed by atoms with Gasteiger partial charge in [0.1, 0.15) is 12.4 Å². The van der Waals surface area contributed by atoms with Crippen molar-refractivity contribution in [3.05, 3.63) is 30.1 Å². The Balaban J connectivity index is 1.40. The predicted molar refractivity (Wildman–Crippen MR) is 101 cm³/mol. The van der Waals surface area contributed by atoms with Crippen molar-refractivity contribution < 1.29 is 4.79 Å². The van der Waals surface area contributed by atoms with Gasteiger partial charge in [-0.15, -0.1) is 10.2 Å². The first kappa shape index (κ1) is 18.2. The van der Waals surface area contributed by atoms with Crippen LogP contribution in [0, 0.1) is 0 Å². The van der Waals surface area contributed by atoms with E-state index in [-0.39, 0.29) is 5.91 Å². The monoisotopic (exact) mass is 371 g/mol. The van der Waals surface area contributed by atoms with Gasteiger partial charge in [-0.3, -0.25) is 14.4 Å². The van der Waals surface area contributed by atoms with Crippen molar-refractivity contribution in [1.82, 2.24) is 34.3 Å². The maximum absolute atomic E-state index is 11.6. The molecule has 4 rings (SSSR count). The highest BCUT2D eigenvalue weighted by Crippen LogP contribution is 2.29. The zero-order chi connectivity index (χ0) is 18.8. The van der Waals surface area contributed by atoms with Crippen molar-refractivity contribution in [2.24, 2.45) is 7.05 Å². The summed E-state index contributed by atoms with van der Waals surface area (Å²) in [5.41, 5.74) is 0. The summed E-state index contributed by atoms with van der Waals surface area (Å²) >= 11 is 0. The van der Waals surface area contributed by atoms with Crippen molar-refractivity contribution in [2.45, 2.75) is 51.1 Å². The van der Waals surface area contributed by atoms with Crippen LogP contribution in [0.4, 0.5) is 0 Å². The summed E-state index contributed by atoms with van der Waals surface area (Å²) in [5, 5.41) is 13.2. The van der Waals surface area contributed by atoms with E-state index in [9.17, 15) is 4.79 Å². The molecule has 2 aliphatic heterocycles. The van der Waals surface area contributed by atoms with Crippen LogP contribution in [-0.2, 0) is 18.4 Å². The highest BCUT2D eigenvalue weighted by atomic mass is 16.2. The Hall–Kier alpha value is -2.22. The van der Waals surface area contributed by atoms with Gasteiger partial charge in [-0.1, -0.05) is 0 Å². The van der Waals surface area contributed by atoms with E-state index in [2.05, 4.69) is 31.8 Å². The maximum atomic E-state index is 11.6. The molecule has 0 aliphatic carbocycles. The number of hydrogen-bond acceptors (Lipinski definition) is 5. The Kier molecular flexibility index (Phi) is 5.24. The van der Waals surface area contributed by atoms with Crippen molar-refractivity contribution in [1.29, 1.82) is 0 Å². The zero-order valence-electron chi connectivity index (χ0n) is 16.3. The van der Waals surface area contributed by atoms with E-state index in [1.807, 2.05) is 21.8 Å². The van der Waals surface area contributed by atoms with Gasteiger partial charge in [-0.25, -0.2) is 0 Å². The maximum Gasteiger partial charge on any atom is 0.219 e. The molecular formula is C19H29N7O.